The number of hydrogen-bond acceptors (Lipinski definition) is 4. The Hall–Kier alpha value is -2.99. The van der Waals surface area contributed by atoms with E-state index in [1.54, 1.807) is 32.4 Å². The van der Waals surface area contributed by atoms with Crippen molar-refractivity contribution >= 4 is 22.5 Å². The number of para-hydroxylation sites is 1. The van der Waals surface area contributed by atoms with E-state index in [0.29, 0.717) is 30.4 Å². The van der Waals surface area contributed by atoms with Crippen LogP contribution in [0.1, 0.15) is 5.69 Å². The molecule has 1 aromatic heterocycles. The fourth-order valence-electron chi connectivity index (χ4n) is 3.00. The van der Waals surface area contributed by atoms with E-state index in [1.807, 2.05) is 35.8 Å². The lowest BCUT2D eigenvalue weighted by Crippen LogP contribution is -2.19. The number of fused-ring (bicyclic) bond motifs is 1. The summed E-state index contributed by atoms with van der Waals surface area (Å²) in [7, 11) is 3.20. The minimum Gasteiger partial charge on any atom is -0.493 e. The monoisotopic (exact) mass is 368 g/mol. The molecule has 0 saturated carbocycles. The van der Waals surface area contributed by atoms with Gasteiger partial charge >= 0.3 is 0 Å². The summed E-state index contributed by atoms with van der Waals surface area (Å²) < 4.78 is 18.0. The normalized spacial score (nSPS) is 10.8. The molecule has 1 heterocycles. The van der Waals surface area contributed by atoms with E-state index in [2.05, 4.69) is 11.4 Å². The van der Waals surface area contributed by atoms with Gasteiger partial charge in [0.15, 0.2) is 11.5 Å². The Morgan fingerprint density at radius 3 is 2.63 bits per heavy atom. The first-order valence-corrected chi connectivity index (χ1v) is 8.77. The smallest absolute Gasteiger partial charge is 0.244 e. The number of aromatic nitrogens is 1. The van der Waals surface area contributed by atoms with Crippen molar-refractivity contribution in [2.45, 2.75) is 13.5 Å². The lowest BCUT2D eigenvalue weighted by Gasteiger charge is -2.13. The molecule has 6 heteroatoms. The van der Waals surface area contributed by atoms with Gasteiger partial charge in [0.1, 0.15) is 13.2 Å². The van der Waals surface area contributed by atoms with Gasteiger partial charge in [-0.05, 0) is 36.6 Å². The fourth-order valence-corrected chi connectivity index (χ4v) is 3.00. The third-order valence-electron chi connectivity index (χ3n) is 4.31. The number of ether oxygens (including phenoxy) is 3. The Kier molecular flexibility index (Phi) is 5.98. The first-order valence-electron chi connectivity index (χ1n) is 8.77. The molecule has 142 valence electrons. The zero-order valence-corrected chi connectivity index (χ0v) is 15.8. The highest BCUT2D eigenvalue weighted by atomic mass is 16.5. The van der Waals surface area contributed by atoms with Gasteiger partial charge in [0, 0.05) is 30.1 Å². The highest BCUT2D eigenvalue weighted by molar-refractivity contribution is 5.92. The predicted octanol–water partition coefficient (Wildman–Crippen LogP) is 3.62. The number of nitrogens with one attached hydrogen (secondary N) is 1. The molecule has 0 atom stereocenters. The average molecular weight is 368 g/mol. The van der Waals surface area contributed by atoms with Gasteiger partial charge in [-0.25, -0.2) is 0 Å². The quantitative estimate of drug-likeness (QED) is 0.617. The Morgan fingerprint density at radius 1 is 1.04 bits per heavy atom. The number of nitrogens with zero attached hydrogens (tertiary/aromatic N) is 1. The van der Waals surface area contributed by atoms with Crippen LogP contribution >= 0.6 is 0 Å². The molecular formula is C21H24N2O4. The Balaban J connectivity index is 1.73. The summed E-state index contributed by atoms with van der Waals surface area (Å²) in [5.74, 6) is 1.07. The number of methoxy groups -OCH3 is 2. The van der Waals surface area contributed by atoms with Gasteiger partial charge in [-0.15, -0.1) is 0 Å². The van der Waals surface area contributed by atoms with Gasteiger partial charge in [-0.2, -0.15) is 0 Å². The maximum Gasteiger partial charge on any atom is 0.244 e. The van der Waals surface area contributed by atoms with Crippen molar-refractivity contribution in [2.24, 2.45) is 0 Å². The van der Waals surface area contributed by atoms with Crippen molar-refractivity contribution in [3.05, 3.63) is 54.2 Å². The van der Waals surface area contributed by atoms with E-state index in [0.717, 1.165) is 16.6 Å². The maximum atomic E-state index is 12.6. The number of benzene rings is 2. The summed E-state index contributed by atoms with van der Waals surface area (Å²) in [5.41, 5.74) is 2.75. The number of hydrogen-bond donors (Lipinski definition) is 1. The summed E-state index contributed by atoms with van der Waals surface area (Å²) in [4.78, 5) is 12.6. The van der Waals surface area contributed by atoms with E-state index in [-0.39, 0.29) is 12.5 Å². The summed E-state index contributed by atoms with van der Waals surface area (Å²) in [6.45, 7) is 3.12. The van der Waals surface area contributed by atoms with Crippen LogP contribution in [-0.4, -0.2) is 37.9 Å². The third-order valence-corrected chi connectivity index (χ3v) is 4.31. The molecule has 0 aliphatic carbocycles. The average Bonchev–Trinajstić information content (AvgIpc) is 2.97. The lowest BCUT2D eigenvalue weighted by molar-refractivity contribution is -0.116. The summed E-state index contributed by atoms with van der Waals surface area (Å²) in [6, 6.07) is 15.4. The summed E-state index contributed by atoms with van der Waals surface area (Å²) >= 11 is 0. The van der Waals surface area contributed by atoms with Gasteiger partial charge in [-0.1, -0.05) is 18.2 Å². The van der Waals surface area contributed by atoms with Gasteiger partial charge in [0.2, 0.25) is 5.91 Å². The Bertz CT molecular complexity index is 933. The largest absolute Gasteiger partial charge is 0.493 e. The molecule has 0 spiro atoms. The molecule has 6 nitrogen and oxygen atoms in total. The molecule has 0 bridgehead atoms. The van der Waals surface area contributed by atoms with Crippen LogP contribution in [-0.2, 0) is 16.1 Å². The molecule has 27 heavy (non-hydrogen) atoms. The second kappa shape index (κ2) is 8.60. The molecule has 0 radical (unpaired) electrons. The van der Waals surface area contributed by atoms with Crippen molar-refractivity contribution in [1.82, 2.24) is 4.57 Å². The second-order valence-corrected chi connectivity index (χ2v) is 6.19. The van der Waals surface area contributed by atoms with Crippen molar-refractivity contribution in [2.75, 3.05) is 32.8 Å². The summed E-state index contributed by atoms with van der Waals surface area (Å²) in [5, 5.41) is 4.05. The summed E-state index contributed by atoms with van der Waals surface area (Å²) in [6.07, 6.45) is 0. The number of carbonyl (C=O) groups excluding carboxylic acids is 1. The van der Waals surface area contributed by atoms with Crippen LogP contribution in [0, 0.1) is 6.92 Å². The Morgan fingerprint density at radius 2 is 1.85 bits per heavy atom. The number of aryl methyl sites for hydroxylation is 1. The first-order chi connectivity index (χ1) is 13.1. The maximum absolute atomic E-state index is 12.6. The van der Waals surface area contributed by atoms with Crippen LogP contribution < -0.4 is 14.8 Å². The highest BCUT2D eigenvalue weighted by Crippen LogP contribution is 2.30. The van der Waals surface area contributed by atoms with Crippen molar-refractivity contribution < 1.29 is 19.0 Å². The van der Waals surface area contributed by atoms with Crippen molar-refractivity contribution in [3.8, 4) is 11.5 Å². The van der Waals surface area contributed by atoms with E-state index in [9.17, 15) is 4.79 Å². The van der Waals surface area contributed by atoms with Crippen LogP contribution in [0.3, 0.4) is 0 Å². The molecule has 2 aromatic carbocycles. The molecular weight excluding hydrogens is 344 g/mol. The standard InChI is InChI=1S/C21H24N2O4/c1-15-12-16-6-4-5-7-18(16)23(15)14-21(24)22-17-8-9-19(26-3)20(13-17)27-11-10-25-2/h4-9,12-13H,10-11,14H2,1-3H3,(H,22,24). The molecule has 1 amide bonds. The molecule has 0 fully saturated rings. The van der Waals surface area contributed by atoms with E-state index in [4.69, 9.17) is 14.2 Å². The van der Waals surface area contributed by atoms with Crippen LogP contribution in [0.5, 0.6) is 11.5 Å². The molecule has 3 aromatic rings. The number of carbonyl (C=O) groups is 1. The predicted molar refractivity (Wildman–Crippen MR) is 106 cm³/mol. The topological polar surface area (TPSA) is 61.7 Å². The molecule has 1 N–H and O–H groups in total. The molecule has 3 rings (SSSR count). The fraction of sp³-hybridized carbons (Fsp3) is 0.286. The zero-order chi connectivity index (χ0) is 19.2. The molecule has 0 saturated heterocycles. The number of anilines is 1. The van der Waals surface area contributed by atoms with Gasteiger partial charge in [0.05, 0.1) is 13.7 Å². The van der Waals surface area contributed by atoms with Crippen LogP contribution in [0.15, 0.2) is 48.5 Å². The van der Waals surface area contributed by atoms with Crippen LogP contribution in [0.4, 0.5) is 5.69 Å². The van der Waals surface area contributed by atoms with Crippen molar-refractivity contribution in [1.29, 1.82) is 0 Å². The van der Waals surface area contributed by atoms with E-state index < -0.39 is 0 Å². The first kappa shape index (κ1) is 18.8. The minimum atomic E-state index is -0.104. The van der Waals surface area contributed by atoms with Gasteiger partial charge in [0.25, 0.3) is 0 Å². The second-order valence-electron chi connectivity index (χ2n) is 6.19. The van der Waals surface area contributed by atoms with Gasteiger partial charge in [-0.3, -0.25) is 4.79 Å². The number of rotatable bonds is 8. The zero-order valence-electron chi connectivity index (χ0n) is 15.8. The SMILES string of the molecule is COCCOc1cc(NC(=O)Cn2c(C)cc3ccccc32)ccc1OC. The highest BCUT2D eigenvalue weighted by Gasteiger charge is 2.11. The third kappa shape index (κ3) is 4.41. The van der Waals surface area contributed by atoms with Crippen molar-refractivity contribution in [3.63, 3.8) is 0 Å². The van der Waals surface area contributed by atoms with Crippen LogP contribution in [0.25, 0.3) is 10.9 Å². The van der Waals surface area contributed by atoms with E-state index >= 15 is 0 Å². The Labute approximate surface area is 158 Å². The molecule has 0 unspecified atom stereocenters. The van der Waals surface area contributed by atoms with Gasteiger partial charge < -0.3 is 24.1 Å². The molecule has 0 aliphatic heterocycles. The van der Waals surface area contributed by atoms with E-state index in [1.165, 1.54) is 0 Å². The van der Waals surface area contributed by atoms with Crippen LogP contribution in [0.2, 0.25) is 0 Å². The lowest BCUT2D eigenvalue weighted by atomic mass is 10.2. The molecule has 0 aliphatic rings. The number of amides is 1. The minimum absolute atomic E-state index is 0.104.